The van der Waals surface area contributed by atoms with Crippen LogP contribution in [0, 0.1) is 0 Å². The average molecular weight is 314 g/mol. The molecule has 0 saturated heterocycles. The molecule has 0 unspecified atom stereocenters. The zero-order valence-electron chi connectivity index (χ0n) is 12.1. The molecule has 0 radical (unpaired) electrons. The highest BCUT2D eigenvalue weighted by atomic mass is 19.4. The normalized spacial score (nSPS) is 11.4. The standard InChI is InChI=1S/C14H13F3N2O3/c1-19-7-11(14(15,16)17)18-12(19)9-5-4-8(13(20)22-3)6-10(9)21-2/h4-7H,1-3H3. The Hall–Kier alpha value is -2.51. The Kier molecular flexibility index (Phi) is 4.11. The lowest BCUT2D eigenvalue weighted by molar-refractivity contribution is -0.140. The van der Waals surface area contributed by atoms with Gasteiger partial charge in [-0.2, -0.15) is 13.2 Å². The van der Waals surface area contributed by atoms with Gasteiger partial charge in [0.15, 0.2) is 5.69 Å². The second-order valence-electron chi connectivity index (χ2n) is 4.47. The third kappa shape index (κ3) is 2.90. The van der Waals surface area contributed by atoms with E-state index in [0.29, 0.717) is 5.56 Å². The number of rotatable bonds is 3. The van der Waals surface area contributed by atoms with Crippen molar-refractivity contribution in [1.29, 1.82) is 0 Å². The van der Waals surface area contributed by atoms with Crippen LogP contribution in [0.15, 0.2) is 24.4 Å². The van der Waals surface area contributed by atoms with E-state index in [1.165, 1.54) is 44.0 Å². The Labute approximate surface area is 124 Å². The minimum absolute atomic E-state index is 0.0839. The predicted octanol–water partition coefficient (Wildman–Crippen LogP) is 2.90. The van der Waals surface area contributed by atoms with Crippen LogP contribution < -0.4 is 4.74 Å². The molecule has 118 valence electrons. The van der Waals surface area contributed by atoms with Gasteiger partial charge in [-0.25, -0.2) is 9.78 Å². The number of imidazole rings is 1. The summed E-state index contributed by atoms with van der Waals surface area (Å²) in [4.78, 5) is 15.1. The van der Waals surface area contributed by atoms with Gasteiger partial charge < -0.3 is 14.0 Å². The van der Waals surface area contributed by atoms with Crippen LogP contribution in [-0.2, 0) is 18.0 Å². The summed E-state index contributed by atoms with van der Waals surface area (Å²) >= 11 is 0. The summed E-state index contributed by atoms with van der Waals surface area (Å²) < 4.78 is 49.2. The quantitative estimate of drug-likeness (QED) is 0.818. The fourth-order valence-electron chi connectivity index (χ4n) is 1.97. The van der Waals surface area contributed by atoms with Gasteiger partial charge in [-0.3, -0.25) is 0 Å². The number of ether oxygens (including phenoxy) is 2. The number of hydrogen-bond donors (Lipinski definition) is 0. The monoisotopic (exact) mass is 314 g/mol. The first kappa shape index (κ1) is 15.9. The molecule has 0 aliphatic carbocycles. The molecule has 0 saturated carbocycles. The van der Waals surface area contributed by atoms with E-state index in [2.05, 4.69) is 9.72 Å². The van der Waals surface area contributed by atoms with E-state index in [1.54, 1.807) is 0 Å². The van der Waals surface area contributed by atoms with E-state index in [-0.39, 0.29) is 17.1 Å². The minimum atomic E-state index is -4.53. The van der Waals surface area contributed by atoms with Gasteiger partial charge >= 0.3 is 12.1 Å². The number of carbonyl (C=O) groups excluding carboxylic acids is 1. The Bertz CT molecular complexity index is 708. The maximum atomic E-state index is 12.7. The van der Waals surface area contributed by atoms with Crippen molar-refractivity contribution in [3.63, 3.8) is 0 Å². The third-order valence-corrected chi connectivity index (χ3v) is 3.03. The van der Waals surface area contributed by atoms with Crippen molar-refractivity contribution >= 4 is 5.97 Å². The van der Waals surface area contributed by atoms with Gasteiger partial charge in [0.2, 0.25) is 0 Å². The molecule has 0 amide bonds. The number of halogens is 3. The highest BCUT2D eigenvalue weighted by Gasteiger charge is 2.34. The number of carbonyl (C=O) groups is 1. The summed E-state index contributed by atoms with van der Waals surface area (Å²) in [6, 6.07) is 4.29. The first-order chi connectivity index (χ1) is 10.3. The molecular formula is C14H13F3N2O3. The zero-order valence-corrected chi connectivity index (χ0v) is 12.1. The van der Waals surface area contributed by atoms with Crippen molar-refractivity contribution in [3.05, 3.63) is 35.7 Å². The number of alkyl halides is 3. The Balaban J connectivity index is 2.53. The minimum Gasteiger partial charge on any atom is -0.496 e. The fourth-order valence-corrected chi connectivity index (χ4v) is 1.97. The van der Waals surface area contributed by atoms with Crippen molar-refractivity contribution in [2.24, 2.45) is 7.05 Å². The summed E-state index contributed by atoms with van der Waals surface area (Å²) in [5.74, 6) is -0.258. The molecular weight excluding hydrogens is 301 g/mol. The average Bonchev–Trinajstić information content (AvgIpc) is 2.87. The molecule has 2 rings (SSSR count). The van der Waals surface area contributed by atoms with E-state index in [4.69, 9.17) is 4.74 Å². The molecule has 0 spiro atoms. The maximum Gasteiger partial charge on any atom is 0.434 e. The van der Waals surface area contributed by atoms with Gasteiger partial charge in [0.25, 0.3) is 0 Å². The van der Waals surface area contributed by atoms with Gasteiger partial charge in [0, 0.05) is 13.2 Å². The fraction of sp³-hybridized carbons (Fsp3) is 0.286. The first-order valence-corrected chi connectivity index (χ1v) is 6.15. The third-order valence-electron chi connectivity index (χ3n) is 3.03. The van der Waals surface area contributed by atoms with Crippen LogP contribution in [0.1, 0.15) is 16.1 Å². The number of aromatic nitrogens is 2. The zero-order chi connectivity index (χ0) is 16.5. The second-order valence-corrected chi connectivity index (χ2v) is 4.47. The molecule has 1 aromatic heterocycles. The molecule has 0 N–H and O–H groups in total. The Morgan fingerprint density at radius 1 is 1.27 bits per heavy atom. The predicted molar refractivity (Wildman–Crippen MR) is 71.5 cm³/mol. The van der Waals surface area contributed by atoms with E-state index in [9.17, 15) is 18.0 Å². The van der Waals surface area contributed by atoms with Gasteiger partial charge in [-0.15, -0.1) is 0 Å². The summed E-state index contributed by atoms with van der Waals surface area (Å²) in [7, 11) is 4.04. The molecule has 0 aliphatic rings. The van der Waals surface area contributed by atoms with Gasteiger partial charge in [0.1, 0.15) is 11.6 Å². The summed E-state index contributed by atoms with van der Waals surface area (Å²) in [5.41, 5.74) is -0.425. The van der Waals surface area contributed by atoms with Crippen LogP contribution >= 0.6 is 0 Å². The van der Waals surface area contributed by atoms with Crippen LogP contribution in [0.2, 0.25) is 0 Å². The second kappa shape index (κ2) is 5.70. The van der Waals surface area contributed by atoms with E-state index >= 15 is 0 Å². The first-order valence-electron chi connectivity index (χ1n) is 6.15. The highest BCUT2D eigenvalue weighted by molar-refractivity contribution is 5.91. The van der Waals surface area contributed by atoms with E-state index in [0.717, 1.165) is 6.20 Å². The maximum absolute atomic E-state index is 12.7. The number of benzene rings is 1. The summed E-state index contributed by atoms with van der Waals surface area (Å²) in [6.45, 7) is 0. The summed E-state index contributed by atoms with van der Waals surface area (Å²) in [6.07, 6.45) is -3.64. The molecule has 8 heteroatoms. The number of hydrogen-bond acceptors (Lipinski definition) is 4. The molecule has 5 nitrogen and oxygen atoms in total. The Morgan fingerprint density at radius 2 is 1.95 bits per heavy atom. The van der Waals surface area contributed by atoms with Gasteiger partial charge in [-0.1, -0.05) is 0 Å². The lowest BCUT2D eigenvalue weighted by Gasteiger charge is -2.10. The van der Waals surface area contributed by atoms with Crippen molar-refractivity contribution in [3.8, 4) is 17.1 Å². The van der Waals surface area contributed by atoms with Crippen LogP contribution in [0.4, 0.5) is 13.2 Å². The molecule has 0 aliphatic heterocycles. The molecule has 0 atom stereocenters. The van der Waals surface area contributed by atoms with E-state index in [1.807, 2.05) is 0 Å². The molecule has 22 heavy (non-hydrogen) atoms. The van der Waals surface area contributed by atoms with Gasteiger partial charge in [-0.05, 0) is 18.2 Å². The van der Waals surface area contributed by atoms with Crippen LogP contribution in [0.5, 0.6) is 5.75 Å². The molecule has 0 bridgehead atoms. The van der Waals surface area contributed by atoms with Gasteiger partial charge in [0.05, 0.1) is 25.3 Å². The summed E-state index contributed by atoms with van der Waals surface area (Å²) in [5, 5.41) is 0. The van der Waals surface area contributed by atoms with Crippen molar-refractivity contribution < 1.29 is 27.4 Å². The van der Waals surface area contributed by atoms with Crippen LogP contribution in [0.3, 0.4) is 0 Å². The molecule has 1 heterocycles. The lowest BCUT2D eigenvalue weighted by atomic mass is 10.1. The smallest absolute Gasteiger partial charge is 0.434 e. The topological polar surface area (TPSA) is 53.3 Å². The van der Waals surface area contributed by atoms with Crippen molar-refractivity contribution in [2.45, 2.75) is 6.18 Å². The Morgan fingerprint density at radius 3 is 2.45 bits per heavy atom. The largest absolute Gasteiger partial charge is 0.496 e. The molecule has 1 aromatic carbocycles. The van der Waals surface area contributed by atoms with Crippen LogP contribution in [0.25, 0.3) is 11.4 Å². The lowest BCUT2D eigenvalue weighted by Crippen LogP contribution is -2.05. The number of methoxy groups -OCH3 is 2. The van der Waals surface area contributed by atoms with E-state index < -0.39 is 17.8 Å². The number of esters is 1. The molecule has 0 fully saturated rings. The SMILES string of the molecule is COC(=O)c1ccc(-c2nc(C(F)(F)F)cn2C)c(OC)c1. The van der Waals surface area contributed by atoms with Crippen molar-refractivity contribution in [1.82, 2.24) is 9.55 Å². The van der Waals surface area contributed by atoms with Crippen LogP contribution in [-0.4, -0.2) is 29.7 Å². The highest BCUT2D eigenvalue weighted by Crippen LogP contribution is 2.34. The number of aryl methyl sites for hydroxylation is 1. The van der Waals surface area contributed by atoms with Crippen molar-refractivity contribution in [2.75, 3.05) is 14.2 Å². The molecule has 2 aromatic rings. The number of nitrogens with zero attached hydrogens (tertiary/aromatic N) is 2.